The van der Waals surface area contributed by atoms with E-state index >= 15 is 0 Å². The minimum absolute atomic E-state index is 0.0158. The summed E-state index contributed by atoms with van der Waals surface area (Å²) < 4.78 is 1.63. The van der Waals surface area contributed by atoms with Crippen LogP contribution in [-0.4, -0.2) is 17.0 Å². The molecule has 2 aromatic rings. The zero-order valence-electron chi connectivity index (χ0n) is 12.9. The monoisotopic (exact) mass is 319 g/mol. The highest BCUT2D eigenvalue weighted by atomic mass is 32.1. The zero-order chi connectivity index (χ0) is 15.9. The van der Waals surface area contributed by atoms with Crippen LogP contribution in [0.1, 0.15) is 24.6 Å². The molecule has 0 aliphatic heterocycles. The lowest BCUT2D eigenvalue weighted by Crippen LogP contribution is -2.20. The third-order valence-electron chi connectivity index (χ3n) is 3.33. The van der Waals surface area contributed by atoms with E-state index in [9.17, 15) is 9.59 Å². The minimum Gasteiger partial charge on any atom is -0.326 e. The molecule has 1 amide bonds. The van der Waals surface area contributed by atoms with E-state index in [0.717, 1.165) is 41.4 Å². The van der Waals surface area contributed by atoms with E-state index in [0.29, 0.717) is 6.54 Å². The molecule has 0 saturated heterocycles. The second-order valence-corrected chi connectivity index (χ2v) is 5.89. The van der Waals surface area contributed by atoms with Crippen LogP contribution in [0.3, 0.4) is 0 Å². The maximum absolute atomic E-state index is 12.0. The summed E-state index contributed by atoms with van der Waals surface area (Å²) >= 11 is 1.16. The molecule has 1 aromatic carbocycles. The van der Waals surface area contributed by atoms with Gasteiger partial charge in [0.2, 0.25) is 5.91 Å². The van der Waals surface area contributed by atoms with Gasteiger partial charge in [-0.25, -0.2) is 0 Å². The summed E-state index contributed by atoms with van der Waals surface area (Å²) in [7, 11) is 0. The Kier molecular flexibility index (Phi) is 5.91. The molecule has 0 aliphatic rings. The highest BCUT2D eigenvalue weighted by molar-refractivity contribution is 7.07. The summed E-state index contributed by atoms with van der Waals surface area (Å²) in [5, 5.41) is 7.94. The molecule has 118 valence electrons. The van der Waals surface area contributed by atoms with E-state index in [-0.39, 0.29) is 17.2 Å². The topological polar surface area (TPSA) is 63.1 Å². The van der Waals surface area contributed by atoms with Gasteiger partial charge in [0.05, 0.1) is 0 Å². The molecule has 0 fully saturated rings. The van der Waals surface area contributed by atoms with Crippen molar-refractivity contribution in [1.82, 2.24) is 9.88 Å². The van der Waals surface area contributed by atoms with Crippen molar-refractivity contribution in [2.24, 2.45) is 0 Å². The Balaban J connectivity index is 1.90. The van der Waals surface area contributed by atoms with Gasteiger partial charge in [0, 0.05) is 36.3 Å². The molecule has 2 rings (SSSR count). The van der Waals surface area contributed by atoms with Crippen molar-refractivity contribution in [2.45, 2.75) is 33.4 Å². The van der Waals surface area contributed by atoms with Crippen molar-refractivity contribution in [3.63, 3.8) is 0 Å². The maximum atomic E-state index is 12.0. The third-order valence-corrected chi connectivity index (χ3v) is 4.21. The minimum atomic E-state index is -0.0851. The van der Waals surface area contributed by atoms with E-state index in [4.69, 9.17) is 0 Å². The zero-order valence-corrected chi connectivity index (χ0v) is 13.7. The van der Waals surface area contributed by atoms with Crippen LogP contribution < -0.4 is 15.5 Å². The van der Waals surface area contributed by atoms with E-state index in [1.54, 1.807) is 4.57 Å². The standard InChI is InChI=1S/C16H21N3O2S/c1-3-17-10-13-5-4-6-14(9-13)18-15(20)7-8-19-12(2)11-22-16(19)21/h4-6,9,11,17H,3,7-8,10H2,1-2H3,(H,18,20). The van der Waals surface area contributed by atoms with Crippen molar-refractivity contribution in [3.05, 3.63) is 50.6 Å². The number of hydrogen-bond acceptors (Lipinski definition) is 4. The number of nitrogens with zero attached hydrogens (tertiary/aromatic N) is 1. The van der Waals surface area contributed by atoms with Crippen LogP contribution in [-0.2, 0) is 17.9 Å². The van der Waals surface area contributed by atoms with Gasteiger partial charge in [-0.3, -0.25) is 9.59 Å². The number of carbonyl (C=O) groups excluding carboxylic acids is 1. The highest BCUT2D eigenvalue weighted by Gasteiger charge is 2.07. The number of aryl methyl sites for hydroxylation is 1. The average molecular weight is 319 g/mol. The van der Waals surface area contributed by atoms with Crippen molar-refractivity contribution < 1.29 is 4.79 Å². The van der Waals surface area contributed by atoms with Gasteiger partial charge in [-0.05, 0) is 31.2 Å². The molecule has 2 N–H and O–H groups in total. The van der Waals surface area contributed by atoms with Crippen molar-refractivity contribution in [1.29, 1.82) is 0 Å². The number of nitrogens with one attached hydrogen (secondary N) is 2. The molecule has 1 heterocycles. The van der Waals surface area contributed by atoms with Gasteiger partial charge in [-0.15, -0.1) is 0 Å². The van der Waals surface area contributed by atoms with Gasteiger partial charge in [0.25, 0.3) is 0 Å². The van der Waals surface area contributed by atoms with Crippen molar-refractivity contribution in [3.8, 4) is 0 Å². The number of rotatable bonds is 7. The van der Waals surface area contributed by atoms with E-state index in [1.165, 1.54) is 0 Å². The molecule has 0 spiro atoms. The van der Waals surface area contributed by atoms with Crippen molar-refractivity contribution in [2.75, 3.05) is 11.9 Å². The second-order valence-electron chi connectivity index (χ2n) is 5.07. The van der Waals surface area contributed by atoms with Crippen LogP contribution in [0.5, 0.6) is 0 Å². The fraction of sp³-hybridized carbons (Fsp3) is 0.375. The summed E-state index contributed by atoms with van der Waals surface area (Å²) in [6, 6.07) is 7.78. The summed E-state index contributed by atoms with van der Waals surface area (Å²) in [4.78, 5) is 23.6. The average Bonchev–Trinajstić information content (AvgIpc) is 2.82. The first kappa shape index (κ1) is 16.5. The first-order valence-corrected chi connectivity index (χ1v) is 8.22. The number of thiazole rings is 1. The molecule has 0 unspecified atom stereocenters. The summed E-state index contributed by atoms with van der Waals surface area (Å²) in [5.74, 6) is -0.0851. The Morgan fingerprint density at radius 3 is 2.86 bits per heavy atom. The summed E-state index contributed by atoms with van der Waals surface area (Å²) in [6.07, 6.45) is 0.287. The van der Waals surface area contributed by atoms with E-state index in [1.807, 2.05) is 36.6 Å². The van der Waals surface area contributed by atoms with Crippen molar-refractivity contribution >= 4 is 22.9 Å². The number of benzene rings is 1. The molecule has 0 saturated carbocycles. The third kappa shape index (κ3) is 4.54. The van der Waals surface area contributed by atoms with Crippen LogP contribution in [0, 0.1) is 6.92 Å². The lowest BCUT2D eigenvalue weighted by atomic mass is 10.2. The normalized spacial score (nSPS) is 10.6. The lowest BCUT2D eigenvalue weighted by molar-refractivity contribution is -0.116. The molecular weight excluding hydrogens is 298 g/mol. The first-order chi connectivity index (χ1) is 10.6. The number of amides is 1. The van der Waals surface area contributed by atoms with Gasteiger partial charge < -0.3 is 15.2 Å². The molecule has 6 heteroatoms. The second kappa shape index (κ2) is 7.91. The van der Waals surface area contributed by atoms with Gasteiger partial charge in [-0.1, -0.05) is 30.4 Å². The quantitative estimate of drug-likeness (QED) is 0.823. The SMILES string of the molecule is CCNCc1cccc(NC(=O)CCn2c(C)csc2=O)c1. The molecule has 22 heavy (non-hydrogen) atoms. The van der Waals surface area contributed by atoms with Crippen LogP contribution in [0.4, 0.5) is 5.69 Å². The molecule has 5 nitrogen and oxygen atoms in total. The van der Waals surface area contributed by atoms with E-state index < -0.39 is 0 Å². The number of aromatic nitrogens is 1. The first-order valence-electron chi connectivity index (χ1n) is 7.34. The van der Waals surface area contributed by atoms with Crippen LogP contribution in [0.15, 0.2) is 34.4 Å². The fourth-order valence-corrected chi connectivity index (χ4v) is 2.90. The maximum Gasteiger partial charge on any atom is 0.307 e. The molecular formula is C16H21N3O2S. The Bertz CT molecular complexity index is 691. The van der Waals surface area contributed by atoms with Crippen LogP contribution >= 0.6 is 11.3 Å². The summed E-state index contributed by atoms with van der Waals surface area (Å²) in [5.41, 5.74) is 2.81. The van der Waals surface area contributed by atoms with Gasteiger partial charge in [-0.2, -0.15) is 0 Å². The van der Waals surface area contributed by atoms with Gasteiger partial charge >= 0.3 is 4.87 Å². The van der Waals surface area contributed by atoms with Gasteiger partial charge in [0.15, 0.2) is 0 Å². The number of hydrogen-bond donors (Lipinski definition) is 2. The summed E-state index contributed by atoms with van der Waals surface area (Å²) in [6.45, 7) is 6.03. The molecule has 0 atom stereocenters. The lowest BCUT2D eigenvalue weighted by Gasteiger charge is -2.08. The Morgan fingerprint density at radius 1 is 1.36 bits per heavy atom. The number of carbonyl (C=O) groups is 1. The predicted molar refractivity (Wildman–Crippen MR) is 90.4 cm³/mol. The van der Waals surface area contributed by atoms with Crippen LogP contribution in [0.25, 0.3) is 0 Å². The Hall–Kier alpha value is -1.92. The fourth-order valence-electron chi connectivity index (χ4n) is 2.14. The molecule has 1 aromatic heterocycles. The highest BCUT2D eigenvalue weighted by Crippen LogP contribution is 2.11. The molecule has 0 radical (unpaired) electrons. The van der Waals surface area contributed by atoms with E-state index in [2.05, 4.69) is 17.6 Å². The molecule has 0 aliphatic carbocycles. The Labute approximate surface area is 134 Å². The Morgan fingerprint density at radius 2 is 2.18 bits per heavy atom. The van der Waals surface area contributed by atoms with Crippen LogP contribution in [0.2, 0.25) is 0 Å². The number of anilines is 1. The smallest absolute Gasteiger partial charge is 0.307 e. The van der Waals surface area contributed by atoms with Gasteiger partial charge in [0.1, 0.15) is 0 Å². The predicted octanol–water partition coefficient (Wildman–Crippen LogP) is 2.36. The molecule has 0 bridgehead atoms. The largest absolute Gasteiger partial charge is 0.326 e.